The predicted octanol–water partition coefficient (Wildman–Crippen LogP) is 8.30. The van der Waals surface area contributed by atoms with E-state index >= 15 is 9.59 Å². The normalized spacial score (nSPS) is 42.7. The number of fused-ring (bicyclic) bond motifs is 1. The third kappa shape index (κ3) is 11.0. The van der Waals surface area contributed by atoms with E-state index in [1.807, 2.05) is 47.6 Å². The van der Waals surface area contributed by atoms with Gasteiger partial charge in [0.25, 0.3) is 0 Å². The zero-order chi connectivity index (χ0) is 51.2. The van der Waals surface area contributed by atoms with Crippen LogP contribution in [0.15, 0.2) is 18.2 Å². The first-order valence-corrected chi connectivity index (χ1v) is 26.8. The number of halogens is 2. The molecule has 0 aromatic heterocycles. The van der Waals surface area contributed by atoms with E-state index in [-0.39, 0.29) is 43.7 Å². The summed E-state index contributed by atoms with van der Waals surface area (Å²) in [4.78, 5) is 48.6. The molecule has 18 unspecified atom stereocenters. The minimum Gasteiger partial charge on any atom is -0.458 e. The SMILES string of the molecule is CCC1OC(=O)C(C)C(OC2CC(C)(OC)C(O)C(C)O2)C(C)C(OC2OC(C)CC(N(C3CCC3)C3CCC3)C2O)C(C)(OC)CC(C)C(=O)C(C)C2N(CCc3ccc(Cl)c(Cl)c3)C(=O)OC12C. The average Bonchev–Trinajstić information content (AvgIpc) is 3.55. The summed E-state index contributed by atoms with van der Waals surface area (Å²) < 4.78 is 52.5. The molecule has 2 N–H and O–H groups in total. The molecule has 1 amide bonds. The summed E-state index contributed by atoms with van der Waals surface area (Å²) in [6.07, 6.45) is -0.330. The van der Waals surface area contributed by atoms with Crippen LogP contribution in [0.3, 0.4) is 0 Å². The number of Topliss-reactive ketones (excluding diaryl/α,β-unsaturated/α-hetero) is 1. The van der Waals surface area contributed by atoms with Crippen molar-refractivity contribution in [2.24, 2.45) is 23.7 Å². The number of carbonyl (C=O) groups excluding carboxylic acids is 3. The van der Waals surface area contributed by atoms with Gasteiger partial charge in [0.15, 0.2) is 18.2 Å². The summed E-state index contributed by atoms with van der Waals surface area (Å²) in [5, 5.41) is 24.5. The number of hydrogen-bond donors (Lipinski definition) is 2. The van der Waals surface area contributed by atoms with E-state index in [0.717, 1.165) is 44.1 Å². The first-order chi connectivity index (χ1) is 33.0. The van der Waals surface area contributed by atoms with Crippen LogP contribution in [0.25, 0.3) is 0 Å². The van der Waals surface area contributed by atoms with Gasteiger partial charge < -0.3 is 48.1 Å². The van der Waals surface area contributed by atoms with Gasteiger partial charge in [-0.1, -0.05) is 69.8 Å². The van der Waals surface area contributed by atoms with Gasteiger partial charge in [0.1, 0.15) is 24.1 Å². The molecular formula is C53H82Cl2N2O13. The highest BCUT2D eigenvalue weighted by atomic mass is 35.5. The van der Waals surface area contributed by atoms with Gasteiger partial charge in [-0.15, -0.1) is 0 Å². The Bertz CT molecular complexity index is 1980. The van der Waals surface area contributed by atoms with Gasteiger partial charge in [0.2, 0.25) is 0 Å². The highest BCUT2D eigenvalue weighted by Crippen LogP contribution is 2.46. The van der Waals surface area contributed by atoms with Crippen molar-refractivity contribution in [3.63, 3.8) is 0 Å². The topological polar surface area (TPSA) is 172 Å². The van der Waals surface area contributed by atoms with Gasteiger partial charge in [-0.2, -0.15) is 0 Å². The highest BCUT2D eigenvalue weighted by molar-refractivity contribution is 6.42. The molecule has 2 saturated carbocycles. The molecule has 17 heteroatoms. The number of aliphatic hydroxyl groups excluding tert-OH is 2. The molecule has 70 heavy (non-hydrogen) atoms. The van der Waals surface area contributed by atoms with Crippen LogP contribution in [-0.4, -0.2) is 155 Å². The molecule has 0 spiro atoms. The molecule has 7 rings (SSSR count). The van der Waals surface area contributed by atoms with Gasteiger partial charge in [-0.25, -0.2) is 4.79 Å². The Labute approximate surface area is 426 Å². The number of rotatable bonds is 13. The Balaban J connectivity index is 1.30. The monoisotopic (exact) mass is 1020 g/mol. The fourth-order valence-electron chi connectivity index (χ4n) is 12.8. The van der Waals surface area contributed by atoms with Crippen LogP contribution in [0.2, 0.25) is 10.0 Å². The lowest BCUT2D eigenvalue weighted by molar-refractivity contribution is -0.321. The molecule has 15 nitrogen and oxygen atoms in total. The molecule has 1 aromatic carbocycles. The Morgan fingerprint density at radius 3 is 2.06 bits per heavy atom. The Kier molecular flexibility index (Phi) is 17.8. The summed E-state index contributed by atoms with van der Waals surface area (Å²) in [6.45, 7) is 18.5. The average molecular weight is 1030 g/mol. The second-order valence-electron chi connectivity index (χ2n) is 22.3. The van der Waals surface area contributed by atoms with Crippen LogP contribution < -0.4 is 0 Å². The zero-order valence-electron chi connectivity index (χ0n) is 43.6. The third-order valence-corrected chi connectivity index (χ3v) is 18.2. The van der Waals surface area contributed by atoms with E-state index in [1.54, 1.807) is 51.8 Å². The molecule has 0 bridgehead atoms. The molecular weight excluding hydrogens is 943 g/mol. The van der Waals surface area contributed by atoms with Crippen LogP contribution in [0, 0.1) is 23.7 Å². The molecule has 4 saturated heterocycles. The minimum atomic E-state index is -1.46. The second kappa shape index (κ2) is 22.4. The Hall–Kier alpha value is -2.15. The molecule has 6 aliphatic rings. The summed E-state index contributed by atoms with van der Waals surface area (Å²) >= 11 is 12.6. The maximum atomic E-state index is 15.2. The Morgan fingerprint density at radius 1 is 0.843 bits per heavy atom. The van der Waals surface area contributed by atoms with Crippen molar-refractivity contribution in [3.05, 3.63) is 33.8 Å². The second-order valence-corrected chi connectivity index (χ2v) is 23.1. The number of methoxy groups -OCH3 is 2. The van der Waals surface area contributed by atoms with Crippen LogP contribution in [0.4, 0.5) is 4.79 Å². The van der Waals surface area contributed by atoms with E-state index in [4.69, 9.17) is 61.1 Å². The lowest BCUT2D eigenvalue weighted by Gasteiger charge is -2.54. The van der Waals surface area contributed by atoms with Gasteiger partial charge in [-0.3, -0.25) is 19.4 Å². The van der Waals surface area contributed by atoms with Crippen molar-refractivity contribution in [3.8, 4) is 0 Å². The predicted molar refractivity (Wildman–Crippen MR) is 263 cm³/mol. The van der Waals surface area contributed by atoms with Crippen LogP contribution in [0.5, 0.6) is 0 Å². The van der Waals surface area contributed by atoms with Crippen molar-refractivity contribution >= 4 is 41.0 Å². The molecule has 4 heterocycles. The van der Waals surface area contributed by atoms with Crippen molar-refractivity contribution in [2.75, 3.05) is 20.8 Å². The van der Waals surface area contributed by atoms with E-state index in [9.17, 15) is 15.0 Å². The molecule has 6 fully saturated rings. The number of cyclic esters (lactones) is 1. The van der Waals surface area contributed by atoms with E-state index in [2.05, 4.69) is 4.90 Å². The first-order valence-electron chi connectivity index (χ1n) is 26.0. The fraction of sp³-hybridized carbons (Fsp3) is 0.830. The maximum absolute atomic E-state index is 15.2. The van der Waals surface area contributed by atoms with Gasteiger partial charge in [0, 0.05) is 63.1 Å². The van der Waals surface area contributed by atoms with Crippen LogP contribution in [-0.2, 0) is 53.9 Å². The molecule has 1 aromatic rings. The number of benzene rings is 1. The van der Waals surface area contributed by atoms with E-state index in [1.165, 1.54) is 7.11 Å². The lowest BCUT2D eigenvalue weighted by Crippen LogP contribution is -2.65. The van der Waals surface area contributed by atoms with Gasteiger partial charge >= 0.3 is 12.1 Å². The summed E-state index contributed by atoms with van der Waals surface area (Å²) in [6, 6.07) is 5.02. The molecule has 4 aliphatic heterocycles. The summed E-state index contributed by atoms with van der Waals surface area (Å²) in [7, 11) is 3.11. The molecule has 396 valence electrons. The van der Waals surface area contributed by atoms with Crippen molar-refractivity contribution in [1.82, 2.24) is 9.80 Å². The maximum Gasteiger partial charge on any atom is 0.410 e. The number of ether oxygens (including phenoxy) is 8. The quantitative estimate of drug-likeness (QED) is 0.181. The number of esters is 1. The van der Waals surface area contributed by atoms with Crippen LogP contribution >= 0.6 is 23.2 Å². The first kappa shape index (κ1) is 55.6. The fourth-order valence-corrected chi connectivity index (χ4v) is 13.1. The van der Waals surface area contributed by atoms with Crippen molar-refractivity contribution in [2.45, 2.75) is 236 Å². The van der Waals surface area contributed by atoms with Crippen LogP contribution in [0.1, 0.15) is 139 Å². The van der Waals surface area contributed by atoms with E-state index < -0.39 is 108 Å². The molecule has 0 radical (unpaired) electrons. The summed E-state index contributed by atoms with van der Waals surface area (Å²) in [5.74, 6) is -3.97. The van der Waals surface area contributed by atoms with Crippen molar-refractivity contribution in [1.29, 1.82) is 0 Å². The standard InChI is InChI=1S/C53H82Cl2N2O13/c1-13-40-53(10)45(56(50(62)70-53)23-22-34-20-21-37(54)38(55)25-34)30(4)42(58)28(2)26-52(9,64-12)47(69-49-43(59)39(24-29(3)65-49)57(35-16-14-17-35)36-18-15-19-36)31(5)44(32(6)48(61)67-40)68-41-27-51(8,63-11)46(60)33(7)66-41/h20-21,25,28-33,35-36,39-41,43-47,49,59-60H,13-19,22-24,26-27H2,1-12H3. The smallest absolute Gasteiger partial charge is 0.410 e. The molecule has 2 aliphatic carbocycles. The van der Waals surface area contributed by atoms with Crippen molar-refractivity contribution < 1.29 is 62.5 Å². The molecule has 18 atom stereocenters. The number of aliphatic hydroxyl groups is 2. The Morgan fingerprint density at radius 2 is 1.49 bits per heavy atom. The zero-order valence-corrected chi connectivity index (χ0v) is 45.1. The minimum absolute atomic E-state index is 0.129. The van der Waals surface area contributed by atoms with Gasteiger partial charge in [-0.05, 0) is 111 Å². The highest BCUT2D eigenvalue weighted by Gasteiger charge is 2.61. The number of ketones is 1. The third-order valence-electron chi connectivity index (χ3n) is 17.5. The number of amides is 1. The van der Waals surface area contributed by atoms with Gasteiger partial charge in [0.05, 0.1) is 57.6 Å². The largest absolute Gasteiger partial charge is 0.458 e. The number of carbonyl (C=O) groups is 3. The lowest BCUT2D eigenvalue weighted by atomic mass is 9.73. The number of nitrogens with zero attached hydrogens (tertiary/aromatic N) is 2. The van der Waals surface area contributed by atoms with E-state index in [0.29, 0.717) is 35.0 Å². The summed E-state index contributed by atoms with van der Waals surface area (Å²) in [5.41, 5.74) is -2.94. The number of hydrogen-bond acceptors (Lipinski definition) is 14.